The van der Waals surface area contributed by atoms with Crippen LogP contribution in [0.4, 0.5) is 0 Å². The number of carbonyl (C=O) groups excluding carboxylic acids is 1. The highest BCUT2D eigenvalue weighted by Crippen LogP contribution is 2.17. The first-order valence-electron chi connectivity index (χ1n) is 7.44. The Kier molecular flexibility index (Phi) is 6.21. The zero-order valence-electron chi connectivity index (χ0n) is 12.9. The number of nitrogens with zero attached hydrogens (tertiary/aromatic N) is 3. The maximum Gasteiger partial charge on any atom is 0.274 e. The van der Waals surface area contributed by atoms with Gasteiger partial charge in [-0.1, -0.05) is 22.0 Å². The van der Waals surface area contributed by atoms with Crippen LogP contribution >= 0.6 is 28.3 Å². The number of amides is 1. The Hall–Kier alpha value is -1.37. The second kappa shape index (κ2) is 7.95. The molecule has 7 heteroatoms. The van der Waals surface area contributed by atoms with E-state index in [4.69, 9.17) is 0 Å². The summed E-state index contributed by atoms with van der Waals surface area (Å²) in [7, 11) is 1.87. The summed E-state index contributed by atoms with van der Waals surface area (Å²) in [6, 6.07) is 9.92. The van der Waals surface area contributed by atoms with E-state index in [0.717, 1.165) is 36.1 Å². The van der Waals surface area contributed by atoms with E-state index in [0.29, 0.717) is 11.7 Å². The average molecular weight is 400 g/mol. The molecule has 0 aliphatic carbocycles. The summed E-state index contributed by atoms with van der Waals surface area (Å²) in [6.07, 6.45) is 3.81. The van der Waals surface area contributed by atoms with E-state index < -0.39 is 0 Å². The summed E-state index contributed by atoms with van der Waals surface area (Å²) < 4.78 is 2.72. The second-order valence-corrected chi connectivity index (χ2v) is 6.44. The smallest absolute Gasteiger partial charge is 0.274 e. The Morgan fingerprint density at radius 2 is 2.09 bits per heavy atom. The third kappa shape index (κ3) is 4.13. The summed E-state index contributed by atoms with van der Waals surface area (Å²) in [5.74, 6) is -0.0133. The number of piperidine rings is 1. The van der Waals surface area contributed by atoms with E-state index in [-0.39, 0.29) is 18.3 Å². The summed E-state index contributed by atoms with van der Waals surface area (Å²) in [5, 5.41) is 7.74. The number of aromatic nitrogens is 2. The summed E-state index contributed by atoms with van der Waals surface area (Å²) in [6.45, 7) is 1.93. The lowest BCUT2D eigenvalue weighted by molar-refractivity contribution is 0.0697. The molecule has 124 valence electrons. The molecule has 1 fully saturated rings. The third-order valence-electron chi connectivity index (χ3n) is 4.06. The monoisotopic (exact) mass is 398 g/mol. The van der Waals surface area contributed by atoms with Crippen molar-refractivity contribution in [2.75, 3.05) is 20.1 Å². The van der Waals surface area contributed by atoms with Gasteiger partial charge in [-0.2, -0.15) is 5.10 Å². The fraction of sp³-hybridized carbons (Fsp3) is 0.375. The number of nitrogens with one attached hydrogen (secondary N) is 1. The van der Waals surface area contributed by atoms with Crippen LogP contribution in [0.2, 0.25) is 0 Å². The standard InChI is InChI=1S/C16H19BrN4O.ClH/c1-20(13-5-8-18-9-6-13)16(22)15-7-10-21(19-15)14-4-2-3-12(17)11-14;/h2-4,7,10-11,13,18H,5-6,8-9H2,1H3;1H. The van der Waals surface area contributed by atoms with Crippen molar-refractivity contribution in [3.63, 3.8) is 0 Å². The predicted octanol–water partition coefficient (Wildman–Crippen LogP) is 2.88. The highest BCUT2D eigenvalue weighted by Gasteiger charge is 2.24. The van der Waals surface area contributed by atoms with Gasteiger partial charge in [-0.3, -0.25) is 4.79 Å². The molecule has 1 saturated heterocycles. The van der Waals surface area contributed by atoms with Gasteiger partial charge in [0.05, 0.1) is 5.69 Å². The Labute approximate surface area is 150 Å². The van der Waals surface area contributed by atoms with Crippen LogP contribution in [0, 0.1) is 0 Å². The van der Waals surface area contributed by atoms with E-state index in [1.165, 1.54) is 0 Å². The number of hydrogen-bond donors (Lipinski definition) is 1. The van der Waals surface area contributed by atoms with Gasteiger partial charge in [-0.15, -0.1) is 12.4 Å². The van der Waals surface area contributed by atoms with Gasteiger partial charge in [-0.25, -0.2) is 4.68 Å². The van der Waals surface area contributed by atoms with E-state index >= 15 is 0 Å². The first kappa shape index (κ1) is 18.0. The number of halogens is 2. The van der Waals surface area contributed by atoms with Gasteiger partial charge in [0.15, 0.2) is 5.69 Å². The molecule has 0 spiro atoms. The van der Waals surface area contributed by atoms with Crippen LogP contribution in [-0.2, 0) is 0 Å². The molecule has 0 unspecified atom stereocenters. The summed E-state index contributed by atoms with van der Waals surface area (Å²) in [5.41, 5.74) is 1.42. The van der Waals surface area contributed by atoms with Gasteiger partial charge in [0.1, 0.15) is 0 Å². The highest BCUT2D eigenvalue weighted by atomic mass is 79.9. The topological polar surface area (TPSA) is 50.2 Å². The predicted molar refractivity (Wildman–Crippen MR) is 96.5 cm³/mol. The van der Waals surface area contributed by atoms with Crippen molar-refractivity contribution in [3.05, 3.63) is 46.7 Å². The largest absolute Gasteiger partial charge is 0.337 e. The van der Waals surface area contributed by atoms with E-state index in [9.17, 15) is 4.79 Å². The molecule has 23 heavy (non-hydrogen) atoms. The van der Waals surface area contributed by atoms with E-state index in [1.807, 2.05) is 42.4 Å². The number of carbonyl (C=O) groups is 1. The molecular formula is C16H20BrClN4O. The van der Waals surface area contributed by atoms with Gasteiger partial charge in [0.25, 0.3) is 5.91 Å². The normalized spacial score (nSPS) is 15.0. The Bertz CT molecular complexity index is 670. The fourth-order valence-corrected chi connectivity index (χ4v) is 3.13. The lowest BCUT2D eigenvalue weighted by Crippen LogP contribution is -2.44. The Balaban J connectivity index is 0.00000192. The van der Waals surface area contributed by atoms with Crippen LogP contribution in [0.1, 0.15) is 23.3 Å². The number of benzene rings is 1. The molecule has 0 bridgehead atoms. The number of hydrogen-bond acceptors (Lipinski definition) is 3. The third-order valence-corrected chi connectivity index (χ3v) is 4.55. The Morgan fingerprint density at radius 1 is 1.35 bits per heavy atom. The summed E-state index contributed by atoms with van der Waals surface area (Å²) >= 11 is 3.45. The fourth-order valence-electron chi connectivity index (χ4n) is 2.74. The zero-order chi connectivity index (χ0) is 15.5. The van der Waals surface area contributed by atoms with Crippen molar-refractivity contribution < 1.29 is 4.79 Å². The maximum atomic E-state index is 12.6. The Morgan fingerprint density at radius 3 is 2.78 bits per heavy atom. The molecule has 5 nitrogen and oxygen atoms in total. The summed E-state index contributed by atoms with van der Waals surface area (Å²) in [4.78, 5) is 14.4. The van der Waals surface area contributed by atoms with Crippen LogP contribution in [0.15, 0.2) is 41.0 Å². The minimum atomic E-state index is -0.0133. The zero-order valence-corrected chi connectivity index (χ0v) is 15.3. The molecule has 1 N–H and O–H groups in total. The first-order valence-corrected chi connectivity index (χ1v) is 8.24. The maximum absolute atomic E-state index is 12.6. The molecule has 2 heterocycles. The molecule has 1 aromatic heterocycles. The SMILES string of the molecule is CN(C(=O)c1ccn(-c2cccc(Br)c2)n1)C1CCNCC1.Cl. The molecule has 1 aliphatic rings. The van der Waals surface area contributed by atoms with Crippen LogP contribution in [0.5, 0.6) is 0 Å². The molecule has 1 aliphatic heterocycles. The van der Waals surface area contributed by atoms with Crippen LogP contribution in [0.3, 0.4) is 0 Å². The van der Waals surface area contributed by atoms with Crippen molar-refractivity contribution in [3.8, 4) is 5.69 Å². The quantitative estimate of drug-likeness (QED) is 0.863. The second-order valence-electron chi connectivity index (χ2n) is 5.52. The minimum Gasteiger partial charge on any atom is -0.337 e. The van der Waals surface area contributed by atoms with Crippen LogP contribution in [0.25, 0.3) is 5.69 Å². The molecule has 0 saturated carbocycles. The van der Waals surface area contributed by atoms with Crippen molar-refractivity contribution in [2.45, 2.75) is 18.9 Å². The van der Waals surface area contributed by atoms with Gasteiger partial charge in [0, 0.05) is 23.8 Å². The van der Waals surface area contributed by atoms with Crippen LogP contribution in [-0.4, -0.2) is 46.8 Å². The van der Waals surface area contributed by atoms with Gasteiger partial charge in [0.2, 0.25) is 0 Å². The van der Waals surface area contributed by atoms with E-state index in [2.05, 4.69) is 26.3 Å². The molecule has 2 aromatic rings. The lowest BCUT2D eigenvalue weighted by atomic mass is 10.1. The molecular weight excluding hydrogens is 380 g/mol. The van der Waals surface area contributed by atoms with E-state index in [1.54, 1.807) is 10.7 Å². The molecule has 3 rings (SSSR count). The van der Waals surface area contributed by atoms with Crippen molar-refractivity contribution in [2.24, 2.45) is 0 Å². The van der Waals surface area contributed by atoms with Gasteiger partial charge in [-0.05, 0) is 50.2 Å². The molecule has 1 aromatic carbocycles. The number of rotatable bonds is 3. The minimum absolute atomic E-state index is 0. The average Bonchev–Trinajstić information content (AvgIpc) is 3.04. The first-order chi connectivity index (χ1) is 10.6. The van der Waals surface area contributed by atoms with Crippen molar-refractivity contribution >= 4 is 34.2 Å². The van der Waals surface area contributed by atoms with Crippen molar-refractivity contribution in [1.82, 2.24) is 20.0 Å². The van der Waals surface area contributed by atoms with Crippen molar-refractivity contribution in [1.29, 1.82) is 0 Å². The van der Waals surface area contributed by atoms with Gasteiger partial charge >= 0.3 is 0 Å². The van der Waals surface area contributed by atoms with Crippen LogP contribution < -0.4 is 5.32 Å². The highest BCUT2D eigenvalue weighted by molar-refractivity contribution is 9.10. The lowest BCUT2D eigenvalue weighted by Gasteiger charge is -2.31. The molecule has 0 radical (unpaired) electrons. The molecule has 0 atom stereocenters. The molecule has 1 amide bonds. The van der Waals surface area contributed by atoms with Gasteiger partial charge < -0.3 is 10.2 Å².